The number of nitrogens with zero attached hydrogens (tertiary/aromatic N) is 5. The van der Waals surface area contributed by atoms with Gasteiger partial charge in [0.05, 0.1) is 30.0 Å². The van der Waals surface area contributed by atoms with Crippen LogP contribution in [0.15, 0.2) is 67.0 Å². The Bertz CT molecular complexity index is 1420. The molecule has 0 radical (unpaired) electrons. The van der Waals surface area contributed by atoms with E-state index < -0.39 is 5.82 Å². The maximum absolute atomic E-state index is 14.9. The summed E-state index contributed by atoms with van der Waals surface area (Å²) < 4.78 is 20.4. The highest BCUT2D eigenvalue weighted by atomic mass is 19.1. The van der Waals surface area contributed by atoms with Crippen molar-refractivity contribution in [3.05, 3.63) is 83.9 Å². The van der Waals surface area contributed by atoms with Crippen molar-refractivity contribution in [2.45, 2.75) is 25.4 Å². The second-order valence-electron chi connectivity index (χ2n) is 9.21. The van der Waals surface area contributed by atoms with Gasteiger partial charge in [0.1, 0.15) is 5.82 Å². The molecule has 8 heteroatoms. The van der Waals surface area contributed by atoms with Gasteiger partial charge in [-0.05, 0) is 42.7 Å². The van der Waals surface area contributed by atoms with Crippen molar-refractivity contribution in [2.24, 2.45) is 0 Å². The minimum absolute atomic E-state index is 0.136. The maximum atomic E-state index is 14.9. The number of ether oxygens (including phenoxy) is 1. The number of anilines is 1. The van der Waals surface area contributed by atoms with Crippen molar-refractivity contribution < 1.29 is 13.9 Å². The Hall–Kier alpha value is -3.91. The molecule has 0 spiro atoms. The van der Waals surface area contributed by atoms with Crippen LogP contribution in [0.3, 0.4) is 0 Å². The highest BCUT2D eigenvalue weighted by Gasteiger charge is 2.35. The number of halogens is 1. The highest BCUT2D eigenvalue weighted by molar-refractivity contribution is 6.00. The number of aromatic nitrogens is 3. The first-order valence-electron chi connectivity index (χ1n) is 12.3. The fourth-order valence-corrected chi connectivity index (χ4v) is 4.61. The van der Waals surface area contributed by atoms with E-state index in [0.29, 0.717) is 55.6 Å². The van der Waals surface area contributed by atoms with Gasteiger partial charge in [-0.25, -0.2) is 14.4 Å². The molecule has 6 rings (SSSR count). The Labute approximate surface area is 208 Å². The molecule has 0 atom stereocenters. The van der Waals surface area contributed by atoms with Crippen LogP contribution in [0.25, 0.3) is 22.2 Å². The lowest BCUT2D eigenvalue weighted by Gasteiger charge is -2.28. The number of hydrogen-bond acceptors (Lipinski definition) is 6. The molecule has 1 amide bonds. The van der Waals surface area contributed by atoms with Crippen LogP contribution in [-0.2, 0) is 11.3 Å². The van der Waals surface area contributed by atoms with Gasteiger partial charge in [-0.1, -0.05) is 30.3 Å². The summed E-state index contributed by atoms with van der Waals surface area (Å²) in [5.41, 5.74) is 2.78. The lowest BCUT2D eigenvalue weighted by molar-refractivity contribution is 0.0729. The number of pyridine rings is 1. The van der Waals surface area contributed by atoms with Gasteiger partial charge in [0.15, 0.2) is 0 Å². The third-order valence-electron chi connectivity index (χ3n) is 6.68. The van der Waals surface area contributed by atoms with E-state index in [-0.39, 0.29) is 11.9 Å². The topological polar surface area (TPSA) is 71.5 Å². The molecule has 2 fully saturated rings. The molecule has 3 heterocycles. The van der Waals surface area contributed by atoms with Crippen LogP contribution >= 0.6 is 0 Å². The van der Waals surface area contributed by atoms with Gasteiger partial charge in [-0.3, -0.25) is 9.78 Å². The average molecular weight is 484 g/mol. The van der Waals surface area contributed by atoms with E-state index >= 15 is 0 Å². The summed E-state index contributed by atoms with van der Waals surface area (Å²) in [6.45, 7) is 2.87. The largest absolute Gasteiger partial charge is 0.378 e. The average Bonchev–Trinajstić information content (AvgIpc) is 3.77. The van der Waals surface area contributed by atoms with Crippen molar-refractivity contribution in [3.63, 3.8) is 0 Å². The first-order valence-corrected chi connectivity index (χ1v) is 12.3. The van der Waals surface area contributed by atoms with Crippen LogP contribution in [-0.4, -0.2) is 58.1 Å². The Kier molecular flexibility index (Phi) is 6.03. The molecule has 4 aromatic rings. The summed E-state index contributed by atoms with van der Waals surface area (Å²) in [6, 6.07) is 16.6. The molecule has 2 aliphatic rings. The fourth-order valence-electron chi connectivity index (χ4n) is 4.61. The van der Waals surface area contributed by atoms with Gasteiger partial charge in [0.25, 0.3) is 5.91 Å². The zero-order valence-electron chi connectivity index (χ0n) is 19.8. The summed E-state index contributed by atoms with van der Waals surface area (Å²) in [7, 11) is 0. The van der Waals surface area contributed by atoms with Gasteiger partial charge in [0, 0.05) is 49.0 Å². The number of carbonyl (C=O) groups is 1. The number of para-hydroxylation sites is 1. The third-order valence-corrected chi connectivity index (χ3v) is 6.68. The number of amides is 1. The monoisotopic (exact) mass is 483 g/mol. The molecule has 0 unspecified atom stereocenters. The summed E-state index contributed by atoms with van der Waals surface area (Å²) >= 11 is 0. The van der Waals surface area contributed by atoms with E-state index in [1.165, 1.54) is 6.07 Å². The molecule has 1 aliphatic heterocycles. The number of carbonyl (C=O) groups excluding carboxylic acids is 1. The second kappa shape index (κ2) is 9.62. The highest BCUT2D eigenvalue weighted by Crippen LogP contribution is 2.33. The summed E-state index contributed by atoms with van der Waals surface area (Å²) in [5, 5.41) is 1.03. The van der Waals surface area contributed by atoms with Crippen LogP contribution < -0.4 is 4.90 Å². The number of rotatable bonds is 6. The van der Waals surface area contributed by atoms with Crippen molar-refractivity contribution >= 4 is 22.8 Å². The molecule has 2 aromatic heterocycles. The normalized spacial score (nSPS) is 15.8. The maximum Gasteiger partial charge on any atom is 0.258 e. The molecule has 1 saturated heterocycles. The summed E-state index contributed by atoms with van der Waals surface area (Å²) in [4.78, 5) is 31.6. The van der Waals surface area contributed by atoms with Crippen molar-refractivity contribution in [1.82, 2.24) is 19.9 Å². The van der Waals surface area contributed by atoms with Crippen molar-refractivity contribution in [3.8, 4) is 11.3 Å². The lowest BCUT2D eigenvalue weighted by Crippen LogP contribution is -2.38. The van der Waals surface area contributed by atoms with Crippen LogP contribution in [0, 0.1) is 5.82 Å². The summed E-state index contributed by atoms with van der Waals surface area (Å²) in [5.74, 6) is -0.142. The van der Waals surface area contributed by atoms with Crippen molar-refractivity contribution in [2.75, 3.05) is 31.2 Å². The predicted octanol–water partition coefficient (Wildman–Crippen LogP) is 4.47. The first kappa shape index (κ1) is 22.5. The molecule has 36 heavy (non-hydrogen) atoms. The zero-order valence-corrected chi connectivity index (χ0v) is 19.8. The predicted molar refractivity (Wildman–Crippen MR) is 135 cm³/mol. The lowest BCUT2D eigenvalue weighted by atomic mass is 10.0. The Morgan fingerprint density at radius 1 is 1.03 bits per heavy atom. The van der Waals surface area contributed by atoms with Crippen molar-refractivity contribution in [1.29, 1.82) is 0 Å². The first-order chi connectivity index (χ1) is 17.7. The van der Waals surface area contributed by atoms with Gasteiger partial charge in [-0.2, -0.15) is 0 Å². The Morgan fingerprint density at radius 2 is 1.81 bits per heavy atom. The fraction of sp³-hybridized carbons (Fsp3) is 0.286. The molecule has 0 N–H and O–H groups in total. The zero-order chi connectivity index (χ0) is 24.5. The van der Waals surface area contributed by atoms with E-state index in [9.17, 15) is 9.18 Å². The quantitative estimate of drug-likeness (QED) is 0.403. The summed E-state index contributed by atoms with van der Waals surface area (Å²) in [6.07, 6.45) is 5.25. The molecular formula is C28H26FN5O2. The number of fused-ring (bicyclic) bond motifs is 1. The Morgan fingerprint density at radius 3 is 2.61 bits per heavy atom. The van der Waals surface area contributed by atoms with E-state index in [4.69, 9.17) is 9.72 Å². The molecule has 7 nitrogen and oxygen atoms in total. The van der Waals surface area contributed by atoms with Crippen LogP contribution in [0.2, 0.25) is 0 Å². The minimum atomic E-state index is -0.421. The van der Waals surface area contributed by atoms with E-state index in [1.54, 1.807) is 24.4 Å². The van der Waals surface area contributed by atoms with E-state index in [1.807, 2.05) is 40.3 Å². The van der Waals surface area contributed by atoms with Crippen LogP contribution in [0.1, 0.15) is 28.8 Å². The SMILES string of the molecule is O=C(c1cnc(N2CCOCC2)nc1-c1ccccc1F)N(Cc1cnc2ccccc2c1)C1CC1. The van der Waals surface area contributed by atoms with E-state index in [2.05, 4.69) is 16.0 Å². The van der Waals surface area contributed by atoms with Gasteiger partial charge < -0.3 is 14.5 Å². The molecule has 1 saturated carbocycles. The molecule has 0 bridgehead atoms. The van der Waals surface area contributed by atoms with Crippen LogP contribution in [0.4, 0.5) is 10.3 Å². The minimum Gasteiger partial charge on any atom is -0.378 e. The number of hydrogen-bond donors (Lipinski definition) is 0. The molecule has 182 valence electrons. The van der Waals surface area contributed by atoms with Gasteiger partial charge in [0.2, 0.25) is 5.95 Å². The van der Waals surface area contributed by atoms with Gasteiger partial charge >= 0.3 is 0 Å². The van der Waals surface area contributed by atoms with Crippen LogP contribution in [0.5, 0.6) is 0 Å². The molecule has 2 aromatic carbocycles. The number of morpholine rings is 1. The third kappa shape index (κ3) is 4.52. The smallest absolute Gasteiger partial charge is 0.258 e. The molecular weight excluding hydrogens is 457 g/mol. The van der Waals surface area contributed by atoms with E-state index in [0.717, 1.165) is 29.3 Å². The number of benzene rings is 2. The van der Waals surface area contributed by atoms with Gasteiger partial charge in [-0.15, -0.1) is 0 Å². The standard InChI is InChI=1S/C28H26FN5O2/c29-24-7-3-2-6-22(24)26-23(17-31-28(32-26)33-11-13-36-14-12-33)27(35)34(21-9-10-21)18-19-15-20-5-1-4-8-25(20)30-16-19/h1-8,15-17,21H,9-14,18H2. The Balaban J connectivity index is 1.37. The molecule has 1 aliphatic carbocycles. The second-order valence-corrected chi connectivity index (χ2v) is 9.21.